The van der Waals surface area contributed by atoms with Crippen molar-refractivity contribution in [2.24, 2.45) is 0 Å². The third-order valence-corrected chi connectivity index (χ3v) is 5.89. The van der Waals surface area contributed by atoms with Crippen molar-refractivity contribution in [2.45, 2.75) is 12.5 Å². The maximum Gasteiger partial charge on any atom is 0.176 e. The van der Waals surface area contributed by atoms with Crippen LogP contribution in [0.4, 0.5) is 0 Å². The molecule has 0 aliphatic carbocycles. The highest BCUT2D eigenvalue weighted by Crippen LogP contribution is 2.28. The Hall–Kier alpha value is -1.86. The molecule has 24 heavy (non-hydrogen) atoms. The van der Waals surface area contributed by atoms with Gasteiger partial charge >= 0.3 is 0 Å². The lowest BCUT2D eigenvalue weighted by molar-refractivity contribution is 0.0913. The molecule has 1 aliphatic rings. The Morgan fingerprint density at radius 2 is 2.04 bits per heavy atom. The fourth-order valence-electron chi connectivity index (χ4n) is 2.86. The van der Waals surface area contributed by atoms with Crippen LogP contribution < -0.4 is 9.47 Å². The second kappa shape index (κ2) is 7.81. The molecule has 1 aliphatic heterocycles. The first-order chi connectivity index (χ1) is 11.4. The number of ether oxygens (including phenoxy) is 2. The van der Waals surface area contributed by atoms with E-state index >= 15 is 0 Å². The van der Waals surface area contributed by atoms with E-state index < -0.39 is 9.84 Å². The van der Waals surface area contributed by atoms with Crippen LogP contribution in [-0.2, 0) is 9.84 Å². The van der Waals surface area contributed by atoms with E-state index in [4.69, 9.17) is 9.47 Å². The van der Waals surface area contributed by atoms with Gasteiger partial charge in [-0.2, -0.15) is 0 Å². The van der Waals surface area contributed by atoms with E-state index in [0.717, 1.165) is 0 Å². The molecule has 1 heterocycles. The maximum atomic E-state index is 12.6. The molecule has 0 amide bonds. The highest BCUT2D eigenvalue weighted by atomic mass is 32.2. The zero-order chi connectivity index (χ0) is 17.7. The minimum Gasteiger partial charge on any atom is -0.493 e. The maximum absolute atomic E-state index is 12.6. The first kappa shape index (κ1) is 18.5. The SMILES string of the molecule is C=CCN(CC(=O)c1ccc(OC)c(OC)c1)[C@@H]1CCS(=O)(=O)C1. The van der Waals surface area contributed by atoms with E-state index in [2.05, 4.69) is 6.58 Å². The number of methoxy groups -OCH3 is 2. The molecule has 0 spiro atoms. The van der Waals surface area contributed by atoms with E-state index in [1.54, 1.807) is 24.3 Å². The highest BCUT2D eigenvalue weighted by Gasteiger charge is 2.32. The van der Waals surface area contributed by atoms with Crippen molar-refractivity contribution in [3.05, 3.63) is 36.4 Å². The van der Waals surface area contributed by atoms with Gasteiger partial charge in [-0.05, 0) is 24.6 Å². The van der Waals surface area contributed by atoms with Gasteiger partial charge in [-0.3, -0.25) is 9.69 Å². The number of carbonyl (C=O) groups is 1. The minimum absolute atomic E-state index is 0.0953. The lowest BCUT2D eigenvalue weighted by Gasteiger charge is -2.26. The van der Waals surface area contributed by atoms with E-state index in [9.17, 15) is 13.2 Å². The molecule has 7 heteroatoms. The summed E-state index contributed by atoms with van der Waals surface area (Å²) in [4.78, 5) is 14.5. The van der Waals surface area contributed by atoms with Gasteiger partial charge in [0, 0.05) is 18.2 Å². The quantitative estimate of drug-likeness (QED) is 0.522. The van der Waals surface area contributed by atoms with E-state index in [1.807, 2.05) is 4.90 Å². The number of nitrogens with zero attached hydrogens (tertiary/aromatic N) is 1. The number of carbonyl (C=O) groups excluding carboxylic acids is 1. The van der Waals surface area contributed by atoms with Crippen LogP contribution in [0.3, 0.4) is 0 Å². The van der Waals surface area contributed by atoms with Crippen molar-refractivity contribution < 1.29 is 22.7 Å². The molecule has 0 saturated carbocycles. The van der Waals surface area contributed by atoms with Crippen LogP contribution in [0.15, 0.2) is 30.9 Å². The van der Waals surface area contributed by atoms with Crippen molar-refractivity contribution in [3.63, 3.8) is 0 Å². The fourth-order valence-corrected chi connectivity index (χ4v) is 4.62. The van der Waals surface area contributed by atoms with Crippen LogP contribution in [0.5, 0.6) is 11.5 Å². The molecule has 1 saturated heterocycles. The van der Waals surface area contributed by atoms with Crippen molar-refractivity contribution >= 4 is 15.6 Å². The van der Waals surface area contributed by atoms with E-state index in [-0.39, 0.29) is 29.9 Å². The summed E-state index contributed by atoms with van der Waals surface area (Å²) in [5, 5.41) is 0. The Kier molecular flexibility index (Phi) is 6.01. The smallest absolute Gasteiger partial charge is 0.176 e. The van der Waals surface area contributed by atoms with E-state index in [1.165, 1.54) is 14.2 Å². The molecule has 0 aromatic heterocycles. The molecule has 0 unspecified atom stereocenters. The average Bonchev–Trinajstić information content (AvgIpc) is 2.93. The van der Waals surface area contributed by atoms with Crippen LogP contribution in [0.1, 0.15) is 16.8 Å². The van der Waals surface area contributed by atoms with Gasteiger partial charge in [0.25, 0.3) is 0 Å². The van der Waals surface area contributed by atoms with Crippen molar-refractivity contribution in [1.29, 1.82) is 0 Å². The van der Waals surface area contributed by atoms with Gasteiger partial charge < -0.3 is 9.47 Å². The molecule has 1 aromatic carbocycles. The summed E-state index contributed by atoms with van der Waals surface area (Å²) in [6, 6.07) is 4.86. The van der Waals surface area contributed by atoms with Crippen LogP contribution in [0, 0.1) is 0 Å². The van der Waals surface area contributed by atoms with E-state index in [0.29, 0.717) is 30.0 Å². The summed E-state index contributed by atoms with van der Waals surface area (Å²) in [6.07, 6.45) is 2.24. The molecule has 6 nitrogen and oxygen atoms in total. The van der Waals surface area contributed by atoms with Crippen LogP contribution in [-0.4, -0.2) is 64.0 Å². The molecule has 1 aromatic rings. The third kappa shape index (κ3) is 4.36. The normalized spacial score (nSPS) is 19.2. The summed E-state index contributed by atoms with van der Waals surface area (Å²) in [5.74, 6) is 1.22. The van der Waals surface area contributed by atoms with Crippen LogP contribution in [0.2, 0.25) is 0 Å². The molecule has 1 atom stereocenters. The molecule has 1 fully saturated rings. The molecule has 0 bridgehead atoms. The largest absolute Gasteiger partial charge is 0.493 e. The monoisotopic (exact) mass is 353 g/mol. The molecular weight excluding hydrogens is 330 g/mol. The molecule has 132 valence electrons. The topological polar surface area (TPSA) is 72.9 Å². The Labute approximate surface area is 143 Å². The zero-order valence-electron chi connectivity index (χ0n) is 14.0. The zero-order valence-corrected chi connectivity index (χ0v) is 14.8. The van der Waals surface area contributed by atoms with Crippen LogP contribution >= 0.6 is 0 Å². The number of sulfone groups is 1. The standard InChI is InChI=1S/C17H23NO5S/c1-4-8-18(14-7-9-24(20,21)12-14)11-15(19)13-5-6-16(22-2)17(10-13)23-3/h4-6,10,14H,1,7-9,11-12H2,2-3H3/t14-/m1/s1. The van der Waals surface area contributed by atoms with Crippen LogP contribution in [0.25, 0.3) is 0 Å². The number of ketones is 1. The second-order valence-electron chi connectivity index (χ2n) is 5.77. The van der Waals surface area contributed by atoms with Gasteiger partial charge in [-0.25, -0.2) is 8.42 Å². The number of benzene rings is 1. The fraction of sp³-hybridized carbons (Fsp3) is 0.471. The predicted molar refractivity (Wildman–Crippen MR) is 92.7 cm³/mol. The summed E-state index contributed by atoms with van der Waals surface area (Å²) >= 11 is 0. The Morgan fingerprint density at radius 3 is 2.58 bits per heavy atom. The summed E-state index contributed by atoms with van der Waals surface area (Å²) in [5.41, 5.74) is 0.502. The molecule has 0 N–H and O–H groups in total. The van der Waals surface area contributed by atoms with Gasteiger partial charge in [0.05, 0.1) is 32.3 Å². The number of hydrogen-bond acceptors (Lipinski definition) is 6. The number of hydrogen-bond donors (Lipinski definition) is 0. The first-order valence-corrected chi connectivity index (χ1v) is 9.53. The lowest BCUT2D eigenvalue weighted by atomic mass is 10.1. The molecule has 2 rings (SSSR count). The summed E-state index contributed by atoms with van der Waals surface area (Å²) in [7, 11) is 0.0441. The van der Waals surface area contributed by atoms with Crippen molar-refractivity contribution in [3.8, 4) is 11.5 Å². The Morgan fingerprint density at radius 1 is 1.33 bits per heavy atom. The Balaban J connectivity index is 2.14. The van der Waals surface area contributed by atoms with Crippen molar-refractivity contribution in [2.75, 3.05) is 38.8 Å². The summed E-state index contributed by atoms with van der Waals surface area (Å²) in [6.45, 7) is 4.31. The van der Waals surface area contributed by atoms with Crippen molar-refractivity contribution in [1.82, 2.24) is 4.90 Å². The summed E-state index contributed by atoms with van der Waals surface area (Å²) < 4.78 is 33.8. The minimum atomic E-state index is -3.00. The highest BCUT2D eigenvalue weighted by molar-refractivity contribution is 7.91. The third-order valence-electron chi connectivity index (χ3n) is 4.14. The lowest BCUT2D eigenvalue weighted by Crippen LogP contribution is -2.40. The number of Topliss-reactive ketones (excluding diaryl/α,β-unsaturated/α-hetero) is 1. The van der Waals surface area contributed by atoms with Gasteiger partial charge in [0.15, 0.2) is 27.1 Å². The Bertz CT molecular complexity index is 714. The first-order valence-electron chi connectivity index (χ1n) is 7.70. The molecule has 0 radical (unpaired) electrons. The van der Waals surface area contributed by atoms with Gasteiger partial charge in [0.1, 0.15) is 0 Å². The van der Waals surface area contributed by atoms with Gasteiger partial charge in [-0.1, -0.05) is 6.08 Å². The van der Waals surface area contributed by atoms with Gasteiger partial charge in [-0.15, -0.1) is 6.58 Å². The number of rotatable bonds is 8. The molecular formula is C17H23NO5S. The van der Waals surface area contributed by atoms with Gasteiger partial charge in [0.2, 0.25) is 0 Å². The predicted octanol–water partition coefficient (Wildman–Crippen LogP) is 1.56. The average molecular weight is 353 g/mol. The second-order valence-corrected chi connectivity index (χ2v) is 8.00.